The molecule has 162 valence electrons. The number of hydrogen-bond acceptors (Lipinski definition) is 6. The summed E-state index contributed by atoms with van der Waals surface area (Å²) in [5.74, 6) is 0.135. The van der Waals surface area contributed by atoms with Crippen LogP contribution in [-0.4, -0.2) is 63.6 Å². The molecule has 0 bridgehead atoms. The molecule has 1 fully saturated rings. The predicted octanol–water partition coefficient (Wildman–Crippen LogP) is 2.85. The second kappa shape index (κ2) is 8.66. The summed E-state index contributed by atoms with van der Waals surface area (Å²) in [5.41, 5.74) is 4.16. The summed E-state index contributed by atoms with van der Waals surface area (Å²) in [6.07, 6.45) is 9.09. The number of piperazine rings is 1. The first-order valence-electron chi connectivity index (χ1n) is 10.6. The first-order valence-corrected chi connectivity index (χ1v) is 10.6. The second-order valence-corrected chi connectivity index (χ2v) is 7.72. The average Bonchev–Trinajstić information content (AvgIpc) is 3.27. The molecule has 5 rings (SSSR count). The van der Waals surface area contributed by atoms with Crippen LogP contribution in [0.3, 0.4) is 0 Å². The molecule has 1 aliphatic heterocycles. The maximum absolute atomic E-state index is 12.9. The van der Waals surface area contributed by atoms with E-state index < -0.39 is 0 Å². The number of pyridine rings is 1. The van der Waals surface area contributed by atoms with Crippen molar-refractivity contribution >= 4 is 22.5 Å². The lowest BCUT2D eigenvalue weighted by Crippen LogP contribution is -2.49. The van der Waals surface area contributed by atoms with E-state index in [2.05, 4.69) is 32.0 Å². The number of rotatable bonds is 5. The van der Waals surface area contributed by atoms with Gasteiger partial charge in [0.2, 0.25) is 5.91 Å². The highest BCUT2D eigenvalue weighted by atomic mass is 16.5. The molecule has 0 atom stereocenters. The van der Waals surface area contributed by atoms with Crippen molar-refractivity contribution in [3.8, 4) is 17.1 Å². The van der Waals surface area contributed by atoms with Gasteiger partial charge in [0.25, 0.3) is 0 Å². The largest absolute Gasteiger partial charge is 0.467 e. The molecule has 0 spiro atoms. The Hall–Kier alpha value is -3.94. The van der Waals surface area contributed by atoms with Crippen LogP contribution in [0.15, 0.2) is 67.4 Å². The van der Waals surface area contributed by atoms with Crippen molar-refractivity contribution < 1.29 is 9.53 Å². The molecular formula is C24H24N6O2. The normalized spacial score (nSPS) is 14.0. The molecule has 0 N–H and O–H groups in total. The molecule has 0 radical (unpaired) electrons. The van der Waals surface area contributed by atoms with Gasteiger partial charge < -0.3 is 19.1 Å². The maximum Gasteiger partial charge on any atom is 0.316 e. The number of ether oxygens (including phenoxy) is 1. The Morgan fingerprint density at radius 3 is 2.56 bits per heavy atom. The average molecular weight is 428 g/mol. The van der Waals surface area contributed by atoms with Gasteiger partial charge in [-0.15, -0.1) is 0 Å². The fourth-order valence-corrected chi connectivity index (χ4v) is 4.17. The van der Waals surface area contributed by atoms with Gasteiger partial charge >= 0.3 is 6.01 Å². The number of amides is 1. The molecule has 0 aliphatic carbocycles. The number of aromatic nitrogens is 4. The molecule has 0 saturated carbocycles. The predicted molar refractivity (Wildman–Crippen MR) is 123 cm³/mol. The van der Waals surface area contributed by atoms with Gasteiger partial charge in [-0.1, -0.05) is 18.2 Å². The van der Waals surface area contributed by atoms with Crippen LogP contribution in [0.1, 0.15) is 0 Å². The minimum atomic E-state index is 0.135. The van der Waals surface area contributed by atoms with E-state index in [0.717, 1.165) is 40.8 Å². The van der Waals surface area contributed by atoms with E-state index in [-0.39, 0.29) is 5.91 Å². The minimum absolute atomic E-state index is 0.135. The summed E-state index contributed by atoms with van der Waals surface area (Å²) in [4.78, 5) is 29.8. The van der Waals surface area contributed by atoms with Crippen LogP contribution in [0.2, 0.25) is 0 Å². The van der Waals surface area contributed by atoms with Crippen LogP contribution in [0.4, 0.5) is 5.69 Å². The molecule has 1 aromatic carbocycles. The monoisotopic (exact) mass is 428 g/mol. The zero-order valence-electron chi connectivity index (χ0n) is 17.9. The smallest absolute Gasteiger partial charge is 0.316 e. The zero-order valence-corrected chi connectivity index (χ0v) is 17.9. The lowest BCUT2D eigenvalue weighted by molar-refractivity contribution is -0.132. The molecule has 4 aromatic rings. The van der Waals surface area contributed by atoms with E-state index in [0.29, 0.717) is 25.6 Å². The standard InChI is InChI=1S/C24H24N6O2/c1-32-24-26-15-19(16-27-24)20-4-2-3-5-22(20)28-10-12-29(13-11-28)23(31)17-30-9-7-18-14-25-8-6-21(18)30/h2-9,14-16H,10-13,17H2,1H3. The number of carbonyl (C=O) groups excluding carboxylic acids is 1. The summed E-state index contributed by atoms with van der Waals surface area (Å²) in [5, 5.41) is 1.05. The second-order valence-electron chi connectivity index (χ2n) is 7.72. The molecule has 4 heterocycles. The van der Waals surface area contributed by atoms with Gasteiger partial charge in [-0.25, -0.2) is 9.97 Å². The number of nitrogens with zero attached hydrogens (tertiary/aromatic N) is 6. The van der Waals surface area contributed by atoms with Gasteiger partial charge in [0.1, 0.15) is 6.54 Å². The Morgan fingerprint density at radius 2 is 1.78 bits per heavy atom. The first kappa shape index (κ1) is 20.0. The molecule has 0 unspecified atom stereocenters. The molecule has 32 heavy (non-hydrogen) atoms. The van der Waals surface area contributed by atoms with E-state index in [9.17, 15) is 4.79 Å². The Kier molecular flexibility index (Phi) is 5.41. The number of anilines is 1. The van der Waals surface area contributed by atoms with Gasteiger partial charge in [0, 0.05) is 79.4 Å². The van der Waals surface area contributed by atoms with Gasteiger partial charge in [0.15, 0.2) is 0 Å². The Morgan fingerprint density at radius 1 is 1.00 bits per heavy atom. The Balaban J connectivity index is 1.27. The van der Waals surface area contributed by atoms with E-state index in [1.807, 2.05) is 46.1 Å². The Labute approximate surface area is 186 Å². The SMILES string of the molecule is COc1ncc(-c2ccccc2N2CCN(C(=O)Cn3ccc4cnccc43)CC2)cn1. The van der Waals surface area contributed by atoms with Crippen LogP contribution in [0, 0.1) is 0 Å². The summed E-state index contributed by atoms with van der Waals surface area (Å²) in [7, 11) is 1.56. The van der Waals surface area contributed by atoms with E-state index in [4.69, 9.17) is 4.74 Å². The van der Waals surface area contributed by atoms with Gasteiger partial charge in [0.05, 0.1) is 12.6 Å². The topological polar surface area (TPSA) is 76.4 Å². The van der Waals surface area contributed by atoms with Crippen LogP contribution < -0.4 is 9.64 Å². The van der Waals surface area contributed by atoms with Crippen molar-refractivity contribution in [2.75, 3.05) is 38.2 Å². The third-order valence-electron chi connectivity index (χ3n) is 5.88. The van der Waals surface area contributed by atoms with Crippen LogP contribution in [0.5, 0.6) is 6.01 Å². The molecule has 8 nitrogen and oxygen atoms in total. The van der Waals surface area contributed by atoms with E-state index >= 15 is 0 Å². The van der Waals surface area contributed by atoms with Crippen LogP contribution in [0.25, 0.3) is 22.0 Å². The van der Waals surface area contributed by atoms with E-state index in [1.165, 1.54) is 0 Å². The van der Waals surface area contributed by atoms with Crippen LogP contribution in [-0.2, 0) is 11.3 Å². The number of benzene rings is 1. The first-order chi connectivity index (χ1) is 15.7. The maximum atomic E-state index is 12.9. The third kappa shape index (κ3) is 3.87. The minimum Gasteiger partial charge on any atom is -0.467 e. The molecule has 1 aliphatic rings. The summed E-state index contributed by atoms with van der Waals surface area (Å²) >= 11 is 0. The van der Waals surface area contributed by atoms with Crippen molar-refractivity contribution in [3.05, 3.63) is 67.4 Å². The van der Waals surface area contributed by atoms with Gasteiger partial charge in [-0.3, -0.25) is 9.78 Å². The van der Waals surface area contributed by atoms with Crippen molar-refractivity contribution in [2.45, 2.75) is 6.54 Å². The fourth-order valence-electron chi connectivity index (χ4n) is 4.17. The van der Waals surface area contributed by atoms with Crippen molar-refractivity contribution in [1.82, 2.24) is 24.4 Å². The molecule has 1 amide bonds. The number of carbonyl (C=O) groups is 1. The highest BCUT2D eigenvalue weighted by Crippen LogP contribution is 2.31. The highest BCUT2D eigenvalue weighted by Gasteiger charge is 2.23. The molecule has 1 saturated heterocycles. The molecule has 8 heteroatoms. The number of para-hydroxylation sites is 1. The quantitative estimate of drug-likeness (QED) is 0.487. The number of methoxy groups -OCH3 is 1. The van der Waals surface area contributed by atoms with Gasteiger partial charge in [-0.2, -0.15) is 0 Å². The fraction of sp³-hybridized carbons (Fsp3) is 0.250. The summed E-state index contributed by atoms with van der Waals surface area (Å²) < 4.78 is 7.06. The lowest BCUT2D eigenvalue weighted by atomic mass is 10.1. The van der Waals surface area contributed by atoms with Crippen molar-refractivity contribution in [1.29, 1.82) is 0 Å². The number of fused-ring (bicyclic) bond motifs is 1. The molecule has 3 aromatic heterocycles. The Bertz CT molecular complexity index is 1230. The van der Waals surface area contributed by atoms with Crippen molar-refractivity contribution in [3.63, 3.8) is 0 Å². The number of hydrogen-bond donors (Lipinski definition) is 0. The third-order valence-corrected chi connectivity index (χ3v) is 5.88. The van der Waals surface area contributed by atoms with Crippen molar-refractivity contribution in [2.24, 2.45) is 0 Å². The summed E-state index contributed by atoms with van der Waals surface area (Å²) in [6, 6.07) is 12.5. The summed E-state index contributed by atoms with van der Waals surface area (Å²) in [6.45, 7) is 3.26. The van der Waals surface area contributed by atoms with Gasteiger partial charge in [-0.05, 0) is 18.2 Å². The lowest BCUT2D eigenvalue weighted by Gasteiger charge is -2.37. The molecular weight excluding hydrogens is 404 g/mol. The van der Waals surface area contributed by atoms with E-state index in [1.54, 1.807) is 25.7 Å². The van der Waals surface area contributed by atoms with Crippen LogP contribution >= 0.6 is 0 Å². The highest BCUT2D eigenvalue weighted by molar-refractivity contribution is 5.83. The zero-order chi connectivity index (χ0) is 21.9.